The van der Waals surface area contributed by atoms with Crippen LogP contribution in [0.4, 0.5) is 5.82 Å². The molecule has 2 atom stereocenters. The lowest BCUT2D eigenvalue weighted by Crippen LogP contribution is -2.35. The molecule has 2 aromatic heterocycles. The number of methoxy groups -OCH3 is 1. The fourth-order valence-electron chi connectivity index (χ4n) is 5.18. The highest BCUT2D eigenvalue weighted by molar-refractivity contribution is 6.09. The number of aromatic amines is 1. The number of ketones is 1. The van der Waals surface area contributed by atoms with Crippen LogP contribution in [-0.4, -0.2) is 50.7 Å². The Bertz CT molecular complexity index is 1140. The molecule has 1 spiro atoms. The molecule has 1 aliphatic heterocycles. The summed E-state index contributed by atoms with van der Waals surface area (Å²) >= 11 is 0. The molecule has 2 fully saturated rings. The van der Waals surface area contributed by atoms with Gasteiger partial charge in [-0.2, -0.15) is 0 Å². The molecule has 31 heavy (non-hydrogen) atoms. The van der Waals surface area contributed by atoms with Gasteiger partial charge in [0.1, 0.15) is 6.73 Å². The second-order valence-electron chi connectivity index (χ2n) is 8.54. The molecular weight excluding hydrogens is 398 g/mol. The van der Waals surface area contributed by atoms with E-state index < -0.39 is 0 Å². The lowest BCUT2D eigenvalue weighted by Gasteiger charge is -2.28. The van der Waals surface area contributed by atoms with Gasteiger partial charge in [0.2, 0.25) is 17.5 Å². The molecule has 2 aromatic rings. The summed E-state index contributed by atoms with van der Waals surface area (Å²) in [6.07, 6.45) is 7.10. The van der Waals surface area contributed by atoms with Crippen molar-refractivity contribution in [3.8, 4) is 0 Å². The van der Waals surface area contributed by atoms with Gasteiger partial charge >= 0.3 is 0 Å². The summed E-state index contributed by atoms with van der Waals surface area (Å²) in [5.74, 6) is 0.224. The van der Waals surface area contributed by atoms with Crippen molar-refractivity contribution in [3.05, 3.63) is 46.8 Å². The highest BCUT2D eigenvalue weighted by atomic mass is 16.5. The maximum Gasteiger partial charge on any atom is 0.294 e. The Morgan fingerprint density at radius 3 is 2.97 bits per heavy atom. The van der Waals surface area contributed by atoms with Crippen LogP contribution in [0.25, 0.3) is 0 Å². The number of allylic oxidation sites excluding steroid dienone is 2. The van der Waals surface area contributed by atoms with Gasteiger partial charge in [-0.25, -0.2) is 4.98 Å². The van der Waals surface area contributed by atoms with Crippen molar-refractivity contribution in [1.29, 1.82) is 0 Å². The maximum absolute atomic E-state index is 13.5. The van der Waals surface area contributed by atoms with Gasteiger partial charge in [0.25, 0.3) is 5.91 Å². The zero-order valence-corrected chi connectivity index (χ0v) is 17.8. The number of ether oxygens (including phenoxy) is 1. The third-order valence-electron chi connectivity index (χ3n) is 6.52. The number of anilines is 1. The van der Waals surface area contributed by atoms with E-state index in [1.54, 1.807) is 21.7 Å². The molecule has 2 aliphatic carbocycles. The Morgan fingerprint density at radius 2 is 2.23 bits per heavy atom. The first-order valence-corrected chi connectivity index (χ1v) is 10.5. The van der Waals surface area contributed by atoms with Crippen molar-refractivity contribution in [3.63, 3.8) is 0 Å². The van der Waals surface area contributed by atoms with Gasteiger partial charge in [-0.05, 0) is 36.8 Å². The van der Waals surface area contributed by atoms with E-state index in [0.29, 0.717) is 30.4 Å². The molecule has 0 aromatic carbocycles. The number of carbonyl (C=O) groups excluding carboxylic acids is 3. The molecule has 0 bridgehead atoms. The topological polar surface area (TPSA) is 109 Å². The number of carbonyl (C=O) groups is 3. The molecule has 2 N–H and O–H groups in total. The van der Waals surface area contributed by atoms with Gasteiger partial charge in [-0.3, -0.25) is 14.4 Å². The van der Waals surface area contributed by atoms with E-state index in [9.17, 15) is 14.4 Å². The highest BCUT2D eigenvalue weighted by Crippen LogP contribution is 2.67. The summed E-state index contributed by atoms with van der Waals surface area (Å²) in [4.78, 5) is 47.4. The first kappa shape index (κ1) is 19.7. The maximum atomic E-state index is 13.5. The van der Waals surface area contributed by atoms with Crippen molar-refractivity contribution in [2.45, 2.75) is 45.3 Å². The molecule has 1 saturated heterocycles. The number of aromatic nitrogens is 3. The van der Waals surface area contributed by atoms with Gasteiger partial charge in [0.15, 0.2) is 5.82 Å². The summed E-state index contributed by atoms with van der Waals surface area (Å²) in [5.41, 5.74) is 3.21. The summed E-state index contributed by atoms with van der Waals surface area (Å²) in [5, 5.41) is 2.73. The van der Waals surface area contributed by atoms with Crippen molar-refractivity contribution in [1.82, 2.24) is 19.4 Å². The number of H-pyrrole nitrogens is 1. The van der Waals surface area contributed by atoms with Crippen LogP contribution >= 0.6 is 0 Å². The van der Waals surface area contributed by atoms with Crippen LogP contribution in [0.15, 0.2) is 24.2 Å². The Kier molecular flexibility index (Phi) is 4.40. The smallest absolute Gasteiger partial charge is 0.294 e. The quantitative estimate of drug-likeness (QED) is 0.741. The van der Waals surface area contributed by atoms with Crippen LogP contribution in [0.1, 0.15) is 58.4 Å². The number of hydrogen-bond acceptors (Lipinski definition) is 5. The van der Waals surface area contributed by atoms with E-state index in [0.717, 1.165) is 29.7 Å². The second-order valence-corrected chi connectivity index (χ2v) is 8.54. The van der Waals surface area contributed by atoms with E-state index in [1.165, 1.54) is 7.11 Å². The molecule has 2 amide bonds. The molecule has 0 radical (unpaired) electrons. The number of aryl methyl sites for hydroxylation is 1. The summed E-state index contributed by atoms with van der Waals surface area (Å²) in [7, 11) is 1.53. The zero-order valence-electron chi connectivity index (χ0n) is 17.8. The Hall–Kier alpha value is -3.20. The van der Waals surface area contributed by atoms with E-state index in [-0.39, 0.29) is 35.6 Å². The average Bonchev–Trinajstić information content (AvgIpc) is 3.01. The Morgan fingerprint density at radius 1 is 1.42 bits per heavy atom. The molecule has 3 aliphatic rings. The van der Waals surface area contributed by atoms with Crippen LogP contribution in [-0.2, 0) is 21.7 Å². The predicted octanol–water partition coefficient (Wildman–Crippen LogP) is 2.36. The van der Waals surface area contributed by atoms with Crippen LogP contribution < -0.4 is 5.32 Å². The third-order valence-corrected chi connectivity index (χ3v) is 6.52. The van der Waals surface area contributed by atoms with Crippen molar-refractivity contribution >= 4 is 23.4 Å². The van der Waals surface area contributed by atoms with Gasteiger partial charge in [-0.15, -0.1) is 0 Å². The third kappa shape index (κ3) is 2.79. The monoisotopic (exact) mass is 423 g/mol. The lowest BCUT2D eigenvalue weighted by atomic mass is 9.83. The fourth-order valence-corrected chi connectivity index (χ4v) is 5.18. The summed E-state index contributed by atoms with van der Waals surface area (Å²) in [6, 6.07) is 0. The van der Waals surface area contributed by atoms with E-state index in [1.807, 2.05) is 20.0 Å². The lowest BCUT2D eigenvalue weighted by molar-refractivity contribution is -0.116. The van der Waals surface area contributed by atoms with Crippen molar-refractivity contribution in [2.75, 3.05) is 19.0 Å². The standard InChI is InChI=1S/C22H25N5O4/c1-4-5-17(29)24-16-10-26(11-31-3)20(25-16)21(30)27-9-13-7-22(13)15(27)6-14(28)19-18(22)12(2)8-23-19/h6,8,10,13,23H,4-5,7,9,11H2,1-3H3,(H,24,29)/t13-,22+/m1/s1. The van der Waals surface area contributed by atoms with Crippen LogP contribution in [0, 0.1) is 12.8 Å². The van der Waals surface area contributed by atoms with Gasteiger partial charge in [-0.1, -0.05) is 6.92 Å². The molecule has 3 heterocycles. The second kappa shape index (κ2) is 6.91. The molecule has 9 nitrogen and oxygen atoms in total. The number of nitrogens with zero attached hydrogens (tertiary/aromatic N) is 3. The highest BCUT2D eigenvalue weighted by Gasteiger charge is 2.68. The van der Waals surface area contributed by atoms with Crippen molar-refractivity contribution in [2.24, 2.45) is 5.92 Å². The van der Waals surface area contributed by atoms with E-state index >= 15 is 0 Å². The number of likely N-dealkylation sites (tertiary alicyclic amines) is 1. The number of amides is 2. The average molecular weight is 423 g/mol. The van der Waals surface area contributed by atoms with E-state index in [2.05, 4.69) is 15.3 Å². The molecular formula is C22H25N5O4. The van der Waals surface area contributed by atoms with E-state index in [4.69, 9.17) is 4.74 Å². The first-order chi connectivity index (χ1) is 14.9. The minimum Gasteiger partial charge on any atom is -0.364 e. The number of rotatable bonds is 6. The zero-order chi connectivity index (χ0) is 21.9. The number of nitrogens with one attached hydrogen (secondary N) is 2. The molecule has 162 valence electrons. The summed E-state index contributed by atoms with van der Waals surface area (Å²) in [6.45, 7) is 4.58. The van der Waals surface area contributed by atoms with Crippen LogP contribution in [0.3, 0.4) is 0 Å². The van der Waals surface area contributed by atoms with Crippen molar-refractivity contribution < 1.29 is 19.1 Å². The molecule has 0 unspecified atom stereocenters. The summed E-state index contributed by atoms with van der Waals surface area (Å²) < 4.78 is 6.80. The first-order valence-electron chi connectivity index (χ1n) is 10.5. The number of imidazole rings is 1. The number of hydrogen-bond donors (Lipinski definition) is 2. The fraction of sp³-hybridized carbons (Fsp3) is 0.455. The minimum absolute atomic E-state index is 0.109. The largest absolute Gasteiger partial charge is 0.364 e. The molecule has 9 heteroatoms. The van der Waals surface area contributed by atoms with Gasteiger partial charge < -0.3 is 24.5 Å². The SMILES string of the molecule is CCCC(=O)Nc1cn(COC)c(C(=O)N2C[C@H]3C[C@@]34C2=CC(=O)c2[nH]cc(C)c24)n1. The molecule has 1 saturated carbocycles. The minimum atomic E-state index is -0.296. The van der Waals surface area contributed by atoms with Gasteiger partial charge in [0, 0.05) is 43.5 Å². The normalized spacial score (nSPS) is 23.2. The van der Waals surface area contributed by atoms with Crippen LogP contribution in [0.2, 0.25) is 0 Å². The Labute approximate surface area is 179 Å². The Balaban J connectivity index is 1.48. The number of piperidine rings is 1. The van der Waals surface area contributed by atoms with Gasteiger partial charge in [0.05, 0.1) is 11.9 Å². The molecule has 5 rings (SSSR count). The number of fused-ring (bicyclic) bond motifs is 1. The van der Waals surface area contributed by atoms with Crippen LogP contribution in [0.5, 0.6) is 0 Å². The predicted molar refractivity (Wildman–Crippen MR) is 112 cm³/mol.